The van der Waals surface area contributed by atoms with Gasteiger partial charge < -0.3 is 5.32 Å². The van der Waals surface area contributed by atoms with Crippen LogP contribution >= 0.6 is 23.4 Å². The number of benzene rings is 1. The molecule has 1 heterocycles. The van der Waals surface area contributed by atoms with Crippen LogP contribution in [0.25, 0.3) is 0 Å². The van der Waals surface area contributed by atoms with E-state index in [4.69, 9.17) is 11.6 Å². The van der Waals surface area contributed by atoms with Crippen molar-refractivity contribution < 1.29 is 0 Å². The van der Waals surface area contributed by atoms with Gasteiger partial charge in [-0.05, 0) is 37.2 Å². The highest BCUT2D eigenvalue weighted by Gasteiger charge is 2.13. The van der Waals surface area contributed by atoms with Crippen LogP contribution in [-0.2, 0) is 6.54 Å². The van der Waals surface area contributed by atoms with E-state index in [9.17, 15) is 9.59 Å². The fourth-order valence-electron chi connectivity index (χ4n) is 2.37. The van der Waals surface area contributed by atoms with Gasteiger partial charge in [-0.25, -0.2) is 4.79 Å². The normalized spacial score (nSPS) is 12.3. The van der Waals surface area contributed by atoms with Crippen LogP contribution in [0.4, 0.5) is 0 Å². The number of nitrogens with zero attached hydrogens (tertiary/aromatic N) is 1. The molecule has 124 valence electrons. The second-order valence-corrected chi connectivity index (χ2v) is 7.32. The second-order valence-electron chi connectivity index (χ2n) is 5.44. The molecule has 7 heteroatoms. The summed E-state index contributed by atoms with van der Waals surface area (Å²) < 4.78 is 1.47. The fraction of sp³-hybridized carbons (Fsp3) is 0.375. The maximum Gasteiger partial charge on any atom is 0.328 e. The highest BCUT2D eigenvalue weighted by Crippen LogP contribution is 2.32. The van der Waals surface area contributed by atoms with Crippen LogP contribution in [0, 0.1) is 6.92 Å². The summed E-state index contributed by atoms with van der Waals surface area (Å²) in [4.78, 5) is 26.5. The molecule has 5 nitrogen and oxygen atoms in total. The number of halogens is 1. The Hall–Kier alpha value is -1.50. The number of aromatic amines is 1. The van der Waals surface area contributed by atoms with Gasteiger partial charge in [0.25, 0.3) is 5.56 Å². The van der Waals surface area contributed by atoms with E-state index in [1.165, 1.54) is 16.8 Å². The standard InChI is InChI=1S/C16H20ClN3O2S/c1-10-6-13(17)7-12(15(10)23-11(2)8-18-3)9-20-5-4-14(21)19-16(20)22/h4-7,11,18H,8-9H2,1-3H3,(H,19,21,22). The largest absolute Gasteiger partial charge is 0.328 e. The molecule has 0 saturated carbocycles. The second kappa shape index (κ2) is 7.86. The Bertz CT molecular complexity index is 801. The lowest BCUT2D eigenvalue weighted by Crippen LogP contribution is -2.29. The molecule has 0 spiro atoms. The molecule has 0 aliphatic heterocycles. The van der Waals surface area contributed by atoms with Crippen molar-refractivity contribution >= 4 is 23.4 Å². The van der Waals surface area contributed by atoms with Crippen LogP contribution in [0.3, 0.4) is 0 Å². The molecule has 0 radical (unpaired) electrons. The first-order valence-corrected chi connectivity index (χ1v) is 8.56. The quantitative estimate of drug-likeness (QED) is 0.782. The molecule has 0 fully saturated rings. The number of H-pyrrole nitrogens is 1. The van der Waals surface area contributed by atoms with E-state index < -0.39 is 11.2 Å². The Balaban J connectivity index is 2.40. The third-order valence-electron chi connectivity index (χ3n) is 3.36. The SMILES string of the molecule is CNCC(C)Sc1c(C)cc(Cl)cc1Cn1ccc(=O)[nH]c1=O. The molecule has 1 atom stereocenters. The number of nitrogens with one attached hydrogen (secondary N) is 2. The van der Waals surface area contributed by atoms with Crippen molar-refractivity contribution in [2.45, 2.75) is 30.5 Å². The van der Waals surface area contributed by atoms with Gasteiger partial charge in [0, 0.05) is 34.0 Å². The summed E-state index contributed by atoms with van der Waals surface area (Å²) >= 11 is 7.93. The minimum absolute atomic E-state index is 0.367. The predicted octanol–water partition coefficient (Wildman–Crippen LogP) is 2.25. The molecule has 0 aliphatic rings. The van der Waals surface area contributed by atoms with Crippen LogP contribution in [0.15, 0.2) is 38.9 Å². The summed E-state index contributed by atoms with van der Waals surface area (Å²) in [6.07, 6.45) is 1.50. The molecule has 1 aromatic heterocycles. The van der Waals surface area contributed by atoms with Gasteiger partial charge in [0.1, 0.15) is 0 Å². The van der Waals surface area contributed by atoms with Gasteiger partial charge in [-0.1, -0.05) is 18.5 Å². The molecule has 23 heavy (non-hydrogen) atoms. The van der Waals surface area contributed by atoms with Gasteiger partial charge in [-0.3, -0.25) is 14.3 Å². The fourth-order valence-corrected chi connectivity index (χ4v) is 3.84. The number of thioether (sulfide) groups is 1. The highest BCUT2D eigenvalue weighted by molar-refractivity contribution is 8.00. The maximum absolute atomic E-state index is 11.9. The van der Waals surface area contributed by atoms with E-state index in [2.05, 4.69) is 17.2 Å². The average molecular weight is 354 g/mol. The number of aromatic nitrogens is 2. The first-order chi connectivity index (χ1) is 10.9. The van der Waals surface area contributed by atoms with Crippen LogP contribution in [-0.4, -0.2) is 28.4 Å². The van der Waals surface area contributed by atoms with Gasteiger partial charge in [0.05, 0.1) is 6.54 Å². The van der Waals surface area contributed by atoms with Crippen molar-refractivity contribution in [3.8, 4) is 0 Å². The van der Waals surface area contributed by atoms with Gasteiger partial charge >= 0.3 is 5.69 Å². The molecule has 1 unspecified atom stereocenters. The van der Waals surface area contributed by atoms with Crippen molar-refractivity contribution in [1.29, 1.82) is 0 Å². The molecular weight excluding hydrogens is 334 g/mol. The first kappa shape index (κ1) is 17.8. The minimum Gasteiger partial charge on any atom is -0.319 e. The molecule has 2 N–H and O–H groups in total. The predicted molar refractivity (Wildman–Crippen MR) is 95.9 cm³/mol. The molecule has 2 aromatic rings. The van der Waals surface area contributed by atoms with Crippen LogP contribution in [0.5, 0.6) is 0 Å². The molecular formula is C16H20ClN3O2S. The van der Waals surface area contributed by atoms with Gasteiger partial charge in [0.15, 0.2) is 0 Å². The summed E-state index contributed by atoms with van der Waals surface area (Å²) in [6.45, 7) is 5.40. The van der Waals surface area contributed by atoms with Crippen LogP contribution in [0.1, 0.15) is 18.1 Å². The van der Waals surface area contributed by atoms with Crippen molar-refractivity contribution in [2.75, 3.05) is 13.6 Å². The zero-order valence-corrected chi connectivity index (χ0v) is 14.9. The zero-order chi connectivity index (χ0) is 17.0. The Morgan fingerprint density at radius 3 is 2.78 bits per heavy atom. The third kappa shape index (κ3) is 4.73. The smallest absolute Gasteiger partial charge is 0.319 e. The Labute approximate surface area is 144 Å². The van der Waals surface area contributed by atoms with Gasteiger partial charge in [-0.2, -0.15) is 0 Å². The molecule has 1 aromatic carbocycles. The van der Waals surface area contributed by atoms with Gasteiger partial charge in [-0.15, -0.1) is 11.8 Å². The van der Waals surface area contributed by atoms with E-state index in [1.807, 2.05) is 26.1 Å². The first-order valence-electron chi connectivity index (χ1n) is 7.30. The summed E-state index contributed by atoms with van der Waals surface area (Å²) in [5, 5.41) is 4.18. The van der Waals surface area contributed by atoms with Crippen molar-refractivity contribution in [3.05, 3.63) is 61.4 Å². The zero-order valence-electron chi connectivity index (χ0n) is 13.4. The molecule has 0 amide bonds. The Morgan fingerprint density at radius 2 is 2.13 bits per heavy atom. The summed E-state index contributed by atoms with van der Waals surface area (Å²) in [6, 6.07) is 5.14. The lowest BCUT2D eigenvalue weighted by atomic mass is 10.1. The van der Waals surface area contributed by atoms with E-state index in [0.717, 1.165) is 22.6 Å². The maximum atomic E-state index is 11.9. The molecule has 2 rings (SSSR count). The third-order valence-corrected chi connectivity index (χ3v) is 4.97. The lowest BCUT2D eigenvalue weighted by molar-refractivity contribution is 0.710. The minimum atomic E-state index is -0.422. The summed E-state index contributed by atoms with van der Waals surface area (Å²) in [5.74, 6) is 0. The summed E-state index contributed by atoms with van der Waals surface area (Å²) in [7, 11) is 1.92. The Kier molecular flexibility index (Phi) is 6.10. The molecule has 0 saturated heterocycles. The van der Waals surface area contributed by atoms with Crippen LogP contribution < -0.4 is 16.6 Å². The van der Waals surface area contributed by atoms with E-state index in [1.54, 1.807) is 11.8 Å². The van der Waals surface area contributed by atoms with Crippen molar-refractivity contribution in [2.24, 2.45) is 0 Å². The molecule has 0 aliphatic carbocycles. The molecule has 0 bridgehead atoms. The average Bonchev–Trinajstić information content (AvgIpc) is 2.46. The highest BCUT2D eigenvalue weighted by atomic mass is 35.5. The Morgan fingerprint density at radius 1 is 1.39 bits per heavy atom. The van der Waals surface area contributed by atoms with Crippen LogP contribution in [0.2, 0.25) is 5.02 Å². The topological polar surface area (TPSA) is 66.9 Å². The van der Waals surface area contributed by atoms with Crippen molar-refractivity contribution in [3.63, 3.8) is 0 Å². The van der Waals surface area contributed by atoms with E-state index >= 15 is 0 Å². The number of aryl methyl sites for hydroxylation is 1. The monoisotopic (exact) mass is 353 g/mol. The van der Waals surface area contributed by atoms with Crippen molar-refractivity contribution in [1.82, 2.24) is 14.9 Å². The van der Waals surface area contributed by atoms with E-state index in [-0.39, 0.29) is 0 Å². The summed E-state index contributed by atoms with van der Waals surface area (Å²) in [5.41, 5.74) is 1.23. The number of hydrogen-bond acceptors (Lipinski definition) is 4. The lowest BCUT2D eigenvalue weighted by Gasteiger charge is -2.17. The number of rotatable bonds is 6. The number of hydrogen-bond donors (Lipinski definition) is 2. The van der Waals surface area contributed by atoms with Gasteiger partial charge in [0.2, 0.25) is 0 Å². The van der Waals surface area contributed by atoms with E-state index in [0.29, 0.717) is 16.8 Å².